The number of hydrogen-bond donors (Lipinski definition) is 3. The summed E-state index contributed by atoms with van der Waals surface area (Å²) >= 11 is 1.04. The summed E-state index contributed by atoms with van der Waals surface area (Å²) in [5, 5.41) is 9.65. The van der Waals surface area contributed by atoms with Crippen LogP contribution in [0.5, 0.6) is 5.75 Å². The zero-order valence-corrected chi connectivity index (χ0v) is 25.5. The molecule has 0 spiro atoms. The number of ether oxygens (including phenoxy) is 4. The van der Waals surface area contributed by atoms with Crippen molar-refractivity contribution in [2.75, 3.05) is 32.8 Å². The molecule has 0 fully saturated rings. The lowest BCUT2D eigenvalue weighted by Crippen LogP contribution is -2.50. The largest absolute Gasteiger partial charge is 0.491 e. The van der Waals surface area contributed by atoms with E-state index >= 15 is 0 Å². The number of hydrogen-bond acceptors (Lipinski definition) is 10. The number of nitrogens with one attached hydrogen (secondary N) is 3. The first kappa shape index (κ1) is 33.0. The van der Waals surface area contributed by atoms with E-state index in [4.69, 9.17) is 14.2 Å². The van der Waals surface area contributed by atoms with Gasteiger partial charge in [-0.05, 0) is 44.0 Å². The molecule has 13 heteroatoms. The molecule has 2 atom stereocenters. The molecule has 2 aromatic carbocycles. The fraction of sp³-hybridized carbons (Fsp3) is 0.367. The lowest BCUT2D eigenvalue weighted by molar-refractivity contribution is -0.128. The molecule has 0 saturated carbocycles. The third-order valence-corrected chi connectivity index (χ3v) is 6.50. The zero-order chi connectivity index (χ0) is 31.4. The molecule has 0 aliphatic heterocycles. The molecule has 2 unspecified atom stereocenters. The number of amides is 3. The fourth-order valence-electron chi connectivity index (χ4n) is 3.76. The first-order valence-electron chi connectivity index (χ1n) is 13.4. The van der Waals surface area contributed by atoms with Crippen molar-refractivity contribution in [3.05, 3.63) is 76.8 Å². The molecule has 0 aliphatic carbocycles. The number of rotatable bonds is 13. The van der Waals surface area contributed by atoms with Gasteiger partial charge in [0.15, 0.2) is 10.8 Å². The maximum Gasteiger partial charge on any atom is 0.408 e. The summed E-state index contributed by atoms with van der Waals surface area (Å²) in [4.78, 5) is 55.8. The molecule has 3 rings (SSSR count). The van der Waals surface area contributed by atoms with Gasteiger partial charge in [0.1, 0.15) is 30.0 Å². The van der Waals surface area contributed by atoms with Crippen LogP contribution in [0.1, 0.15) is 48.4 Å². The summed E-state index contributed by atoms with van der Waals surface area (Å²) in [5.41, 5.74) is 0.453. The van der Waals surface area contributed by atoms with Crippen LogP contribution in [0.15, 0.2) is 60.0 Å². The molecule has 3 N–H and O–H groups in total. The molecule has 43 heavy (non-hydrogen) atoms. The Balaban J connectivity index is 1.86. The summed E-state index contributed by atoms with van der Waals surface area (Å²) in [6, 6.07) is 13.4. The van der Waals surface area contributed by atoms with Crippen molar-refractivity contribution in [3.8, 4) is 5.75 Å². The van der Waals surface area contributed by atoms with Crippen molar-refractivity contribution in [1.82, 2.24) is 15.6 Å². The van der Waals surface area contributed by atoms with Crippen LogP contribution in [-0.4, -0.2) is 67.9 Å². The average Bonchev–Trinajstić information content (AvgIpc) is 3.43. The van der Waals surface area contributed by atoms with Crippen molar-refractivity contribution in [3.63, 3.8) is 0 Å². The van der Waals surface area contributed by atoms with Gasteiger partial charge in [0.2, 0.25) is 11.8 Å². The van der Waals surface area contributed by atoms with Gasteiger partial charge in [0, 0.05) is 18.9 Å². The summed E-state index contributed by atoms with van der Waals surface area (Å²) in [5.74, 6) is -1.31. The van der Waals surface area contributed by atoms with Gasteiger partial charge >= 0.3 is 12.1 Å². The molecule has 3 aromatic rings. The predicted molar refractivity (Wildman–Crippen MR) is 160 cm³/mol. The van der Waals surface area contributed by atoms with Gasteiger partial charge in [-0.3, -0.25) is 9.59 Å². The highest BCUT2D eigenvalue weighted by Crippen LogP contribution is 2.21. The highest BCUT2D eigenvalue weighted by Gasteiger charge is 2.30. The maximum atomic E-state index is 13.7. The third-order valence-electron chi connectivity index (χ3n) is 5.74. The molecule has 1 aromatic heterocycles. The number of carbonyl (C=O) groups is 4. The number of thiazole rings is 1. The number of anilines is 1. The Morgan fingerprint density at radius 2 is 1.60 bits per heavy atom. The second-order valence-electron chi connectivity index (χ2n) is 10.3. The van der Waals surface area contributed by atoms with Crippen LogP contribution in [0.3, 0.4) is 0 Å². The minimum Gasteiger partial charge on any atom is -0.491 e. The van der Waals surface area contributed by atoms with E-state index in [1.54, 1.807) is 52.1 Å². The van der Waals surface area contributed by atoms with Crippen LogP contribution in [0.4, 0.5) is 9.93 Å². The second-order valence-corrected chi connectivity index (χ2v) is 11.1. The Bertz CT molecular complexity index is 1370. The number of aromatic nitrogens is 1. The number of methoxy groups -OCH3 is 2. The lowest BCUT2D eigenvalue weighted by Gasteiger charge is -2.25. The van der Waals surface area contributed by atoms with E-state index in [1.807, 2.05) is 30.3 Å². The van der Waals surface area contributed by atoms with E-state index in [-0.39, 0.29) is 17.2 Å². The normalized spacial score (nSPS) is 12.4. The first-order valence-corrected chi connectivity index (χ1v) is 14.3. The van der Waals surface area contributed by atoms with Crippen LogP contribution in [0.25, 0.3) is 0 Å². The number of alkyl carbamates (subject to hydrolysis) is 1. The van der Waals surface area contributed by atoms with Crippen LogP contribution < -0.4 is 20.7 Å². The van der Waals surface area contributed by atoms with E-state index in [2.05, 4.69) is 25.7 Å². The molecule has 0 bridgehead atoms. The highest BCUT2D eigenvalue weighted by atomic mass is 32.1. The summed E-state index contributed by atoms with van der Waals surface area (Å²) in [7, 11) is 2.80. The summed E-state index contributed by atoms with van der Waals surface area (Å²) in [6.45, 7) is 5.87. The topological polar surface area (TPSA) is 154 Å². The molecular formula is C30H36N4O8S. The zero-order valence-electron chi connectivity index (χ0n) is 24.7. The number of carbonyl (C=O) groups excluding carboxylic acids is 4. The maximum absolute atomic E-state index is 13.7. The molecule has 0 saturated heterocycles. The molecule has 0 radical (unpaired) electrons. The molecule has 1 heterocycles. The monoisotopic (exact) mass is 612 g/mol. The smallest absolute Gasteiger partial charge is 0.408 e. The van der Waals surface area contributed by atoms with Gasteiger partial charge in [-0.1, -0.05) is 42.5 Å². The van der Waals surface area contributed by atoms with E-state index in [0.717, 1.165) is 16.9 Å². The Kier molecular flexibility index (Phi) is 12.0. The van der Waals surface area contributed by atoms with Crippen molar-refractivity contribution in [2.24, 2.45) is 0 Å². The average molecular weight is 613 g/mol. The van der Waals surface area contributed by atoms with Crippen LogP contribution >= 0.6 is 11.3 Å². The highest BCUT2D eigenvalue weighted by molar-refractivity contribution is 7.14. The van der Waals surface area contributed by atoms with Crippen molar-refractivity contribution >= 4 is 40.3 Å². The van der Waals surface area contributed by atoms with Gasteiger partial charge < -0.3 is 34.9 Å². The summed E-state index contributed by atoms with van der Waals surface area (Å²) < 4.78 is 20.7. The molecule has 12 nitrogen and oxygen atoms in total. The van der Waals surface area contributed by atoms with Crippen LogP contribution in [0.2, 0.25) is 0 Å². The SMILES string of the molecule is COCCOc1ccc(C(NC(=O)OC(C)(C)C)C(=O)NC(Cc2ccccc2)C(=O)Nc2nc(C(=O)OC)cs2)cc1. The van der Waals surface area contributed by atoms with Crippen molar-refractivity contribution in [2.45, 2.75) is 44.9 Å². The number of esters is 1. The van der Waals surface area contributed by atoms with Crippen molar-refractivity contribution < 1.29 is 38.1 Å². The van der Waals surface area contributed by atoms with E-state index in [9.17, 15) is 19.2 Å². The van der Waals surface area contributed by atoms with E-state index in [0.29, 0.717) is 24.5 Å². The Morgan fingerprint density at radius 3 is 2.23 bits per heavy atom. The first-order chi connectivity index (χ1) is 20.5. The minimum atomic E-state index is -1.21. The fourth-order valence-corrected chi connectivity index (χ4v) is 4.44. The van der Waals surface area contributed by atoms with Gasteiger partial charge in [-0.2, -0.15) is 0 Å². The molecule has 3 amide bonds. The molecule has 230 valence electrons. The van der Waals surface area contributed by atoms with Crippen LogP contribution in [0, 0.1) is 0 Å². The Morgan fingerprint density at radius 1 is 0.907 bits per heavy atom. The van der Waals surface area contributed by atoms with Gasteiger partial charge in [-0.25, -0.2) is 14.6 Å². The number of nitrogens with zero attached hydrogens (tertiary/aromatic N) is 1. The summed E-state index contributed by atoms with van der Waals surface area (Å²) in [6.07, 6.45) is -0.672. The third kappa shape index (κ3) is 10.7. The molecular weight excluding hydrogens is 576 g/mol. The molecule has 0 aliphatic rings. The van der Waals surface area contributed by atoms with Gasteiger partial charge in [-0.15, -0.1) is 11.3 Å². The predicted octanol–water partition coefficient (Wildman–Crippen LogP) is 3.89. The second kappa shape index (κ2) is 15.7. The lowest BCUT2D eigenvalue weighted by atomic mass is 10.0. The van der Waals surface area contributed by atoms with E-state index < -0.39 is 41.6 Å². The standard InChI is InChI=1S/C30H36N4O8S/c1-30(2,3)42-29(38)33-24(20-11-13-21(14-12-20)41-16-15-39-4)26(36)31-22(17-19-9-7-6-8-10-19)25(35)34-28-32-23(18-43-28)27(37)40-5/h6-14,18,22,24H,15-17H2,1-5H3,(H,31,36)(H,33,38)(H,32,34,35). The van der Waals surface area contributed by atoms with E-state index in [1.165, 1.54) is 12.5 Å². The Labute approximate surface area is 254 Å². The van der Waals surface area contributed by atoms with Gasteiger partial charge in [0.05, 0.1) is 13.7 Å². The van der Waals surface area contributed by atoms with Gasteiger partial charge in [0.25, 0.3) is 0 Å². The van der Waals surface area contributed by atoms with Crippen molar-refractivity contribution in [1.29, 1.82) is 0 Å². The van der Waals surface area contributed by atoms with Crippen LogP contribution in [-0.2, 0) is 30.2 Å². The quantitative estimate of drug-likeness (QED) is 0.193. The Hall–Kier alpha value is -4.49. The number of benzene rings is 2. The minimum absolute atomic E-state index is 0.0442.